The average Bonchev–Trinajstić information content (AvgIpc) is 3.38. The zero-order valence-electron chi connectivity index (χ0n) is 17.5. The highest BCUT2D eigenvalue weighted by Gasteiger charge is 2.59. The minimum Gasteiger partial charge on any atom is -0.342 e. The second-order valence-corrected chi connectivity index (χ2v) is 8.88. The molecule has 1 N–H and O–H groups in total. The van der Waals surface area contributed by atoms with E-state index in [1.807, 2.05) is 36.9 Å². The predicted molar refractivity (Wildman–Crippen MR) is 110 cm³/mol. The molecule has 4 rings (SSSR count). The van der Waals surface area contributed by atoms with Crippen LogP contribution in [-0.2, 0) is 9.59 Å². The second kappa shape index (κ2) is 7.35. The summed E-state index contributed by atoms with van der Waals surface area (Å²) in [5, 5.41) is 3.02. The Morgan fingerprint density at radius 1 is 1.00 bits per heavy atom. The molecule has 0 aromatic heterocycles. The van der Waals surface area contributed by atoms with Gasteiger partial charge in [-0.25, -0.2) is 4.79 Å². The molecule has 1 aromatic rings. The molecule has 3 heterocycles. The van der Waals surface area contributed by atoms with E-state index in [-0.39, 0.29) is 23.8 Å². The van der Waals surface area contributed by atoms with E-state index in [0.29, 0.717) is 26.2 Å². The summed E-state index contributed by atoms with van der Waals surface area (Å²) in [6.07, 6.45) is 2.06. The second-order valence-electron chi connectivity index (χ2n) is 8.88. The molecule has 7 heteroatoms. The highest BCUT2D eigenvalue weighted by atomic mass is 16.2. The van der Waals surface area contributed by atoms with Crippen LogP contribution in [0, 0.1) is 25.2 Å². The van der Waals surface area contributed by atoms with Gasteiger partial charge < -0.3 is 20.0 Å². The van der Waals surface area contributed by atoms with Gasteiger partial charge in [0.15, 0.2) is 0 Å². The summed E-state index contributed by atoms with van der Waals surface area (Å²) in [7, 11) is 0. The molecule has 4 amide bonds. The quantitative estimate of drug-likeness (QED) is 0.830. The third kappa shape index (κ3) is 3.47. The van der Waals surface area contributed by atoms with Gasteiger partial charge in [-0.2, -0.15) is 0 Å². The van der Waals surface area contributed by atoms with E-state index in [9.17, 15) is 14.4 Å². The Bertz CT molecular complexity index is 848. The molecule has 0 saturated carbocycles. The fraction of sp³-hybridized carbons (Fsp3) is 0.591. The van der Waals surface area contributed by atoms with E-state index in [1.54, 1.807) is 16.7 Å². The van der Waals surface area contributed by atoms with Crippen LogP contribution in [0.15, 0.2) is 18.2 Å². The molecule has 0 unspecified atom stereocenters. The predicted octanol–water partition coefficient (Wildman–Crippen LogP) is 2.24. The lowest BCUT2D eigenvalue weighted by molar-refractivity contribution is -0.141. The molecule has 3 aliphatic heterocycles. The van der Waals surface area contributed by atoms with Crippen LogP contribution in [0.1, 0.15) is 30.9 Å². The number of urea groups is 1. The number of carbonyl (C=O) groups excluding carboxylic acids is 3. The normalized spacial score (nSPS) is 26.0. The van der Waals surface area contributed by atoms with Gasteiger partial charge in [-0.3, -0.25) is 9.59 Å². The molecule has 0 aliphatic carbocycles. The maximum Gasteiger partial charge on any atom is 0.321 e. The first-order chi connectivity index (χ1) is 13.8. The molecular weight excluding hydrogens is 368 g/mol. The third-order valence-electron chi connectivity index (χ3n) is 6.80. The largest absolute Gasteiger partial charge is 0.342 e. The molecule has 0 bridgehead atoms. The van der Waals surface area contributed by atoms with Crippen molar-refractivity contribution in [2.45, 2.75) is 33.6 Å². The number of fused-ring (bicyclic) bond motifs is 1. The number of carbonyl (C=O) groups is 3. The van der Waals surface area contributed by atoms with Crippen molar-refractivity contribution < 1.29 is 14.4 Å². The maximum atomic E-state index is 13.5. The first-order valence-corrected chi connectivity index (χ1v) is 10.5. The summed E-state index contributed by atoms with van der Waals surface area (Å²) in [6, 6.07) is 5.81. The van der Waals surface area contributed by atoms with Crippen LogP contribution in [-0.4, -0.2) is 71.8 Å². The van der Waals surface area contributed by atoms with E-state index in [2.05, 4.69) is 5.32 Å². The molecule has 1 aromatic carbocycles. The molecular formula is C22H30N4O3. The first kappa shape index (κ1) is 19.7. The average molecular weight is 399 g/mol. The fourth-order valence-corrected chi connectivity index (χ4v) is 5.06. The summed E-state index contributed by atoms with van der Waals surface area (Å²) in [5.41, 5.74) is 2.22. The topological polar surface area (TPSA) is 73.0 Å². The van der Waals surface area contributed by atoms with Crippen molar-refractivity contribution in [3.05, 3.63) is 29.3 Å². The molecule has 29 heavy (non-hydrogen) atoms. The van der Waals surface area contributed by atoms with Gasteiger partial charge in [-0.05, 0) is 43.9 Å². The molecule has 3 aliphatic rings. The zero-order valence-corrected chi connectivity index (χ0v) is 17.5. The number of aryl methyl sites for hydroxylation is 2. The zero-order chi connectivity index (χ0) is 20.8. The number of benzene rings is 1. The van der Waals surface area contributed by atoms with Gasteiger partial charge >= 0.3 is 6.03 Å². The van der Waals surface area contributed by atoms with Crippen molar-refractivity contribution in [1.29, 1.82) is 0 Å². The van der Waals surface area contributed by atoms with Gasteiger partial charge in [0.1, 0.15) is 0 Å². The van der Waals surface area contributed by atoms with Gasteiger partial charge in [0, 0.05) is 57.8 Å². The van der Waals surface area contributed by atoms with Crippen molar-refractivity contribution in [2.75, 3.05) is 44.6 Å². The van der Waals surface area contributed by atoms with Gasteiger partial charge in [-0.15, -0.1) is 0 Å². The van der Waals surface area contributed by atoms with Crippen LogP contribution in [0.25, 0.3) is 0 Å². The Morgan fingerprint density at radius 2 is 1.66 bits per heavy atom. The molecule has 7 nitrogen and oxygen atoms in total. The van der Waals surface area contributed by atoms with Crippen LogP contribution in [0.3, 0.4) is 0 Å². The minimum absolute atomic E-state index is 0.000570. The van der Waals surface area contributed by atoms with Crippen LogP contribution in [0.4, 0.5) is 10.5 Å². The van der Waals surface area contributed by atoms with E-state index >= 15 is 0 Å². The minimum atomic E-state index is -0.672. The maximum absolute atomic E-state index is 13.5. The molecule has 0 spiro atoms. The van der Waals surface area contributed by atoms with Crippen molar-refractivity contribution in [1.82, 2.24) is 14.7 Å². The number of anilines is 1. The number of hydrogen-bond donors (Lipinski definition) is 1. The Morgan fingerprint density at radius 3 is 2.34 bits per heavy atom. The number of nitrogens with one attached hydrogen (secondary N) is 1. The number of nitrogens with zero attached hydrogens (tertiary/aromatic N) is 3. The van der Waals surface area contributed by atoms with Gasteiger partial charge in [0.2, 0.25) is 11.8 Å². The highest BCUT2D eigenvalue weighted by Crippen LogP contribution is 2.44. The lowest BCUT2D eigenvalue weighted by Gasteiger charge is -2.32. The number of amides is 4. The van der Waals surface area contributed by atoms with Crippen LogP contribution >= 0.6 is 0 Å². The summed E-state index contributed by atoms with van der Waals surface area (Å²) < 4.78 is 0. The van der Waals surface area contributed by atoms with Crippen LogP contribution < -0.4 is 5.32 Å². The molecule has 2 atom stereocenters. The molecule has 156 valence electrons. The molecule has 0 radical (unpaired) electrons. The van der Waals surface area contributed by atoms with Gasteiger partial charge in [0.05, 0.1) is 5.41 Å². The first-order valence-electron chi connectivity index (χ1n) is 10.5. The Hall–Kier alpha value is -2.57. The smallest absolute Gasteiger partial charge is 0.321 e. The van der Waals surface area contributed by atoms with Crippen LogP contribution in [0.2, 0.25) is 0 Å². The number of rotatable bonds is 2. The van der Waals surface area contributed by atoms with E-state index in [0.717, 1.165) is 42.7 Å². The Kier molecular flexibility index (Phi) is 5.00. The van der Waals surface area contributed by atoms with Crippen molar-refractivity contribution >= 4 is 23.5 Å². The summed E-state index contributed by atoms with van der Waals surface area (Å²) in [4.78, 5) is 44.0. The van der Waals surface area contributed by atoms with E-state index in [1.165, 1.54) is 0 Å². The third-order valence-corrected chi connectivity index (χ3v) is 6.80. The lowest BCUT2D eigenvalue weighted by Crippen LogP contribution is -2.49. The summed E-state index contributed by atoms with van der Waals surface area (Å²) in [6.45, 7) is 8.90. The van der Waals surface area contributed by atoms with E-state index < -0.39 is 5.41 Å². The lowest BCUT2D eigenvalue weighted by atomic mass is 9.79. The molecule has 3 saturated heterocycles. The van der Waals surface area contributed by atoms with E-state index in [4.69, 9.17) is 0 Å². The molecule has 3 fully saturated rings. The van der Waals surface area contributed by atoms with Gasteiger partial charge in [0.25, 0.3) is 0 Å². The standard InChI is InChI=1S/C22H30N4O3/c1-15-6-7-16(2)19(10-15)23-21(29)26-12-18-11-25(17(3)27)13-22(18,14-26)20(28)24-8-4-5-9-24/h6-7,10,18H,4-5,8-9,11-14H2,1-3H3,(H,23,29)/t18-,22-/m0/s1. The van der Waals surface area contributed by atoms with Crippen molar-refractivity contribution in [3.63, 3.8) is 0 Å². The van der Waals surface area contributed by atoms with Crippen molar-refractivity contribution in [3.8, 4) is 0 Å². The Balaban J connectivity index is 1.54. The summed E-state index contributed by atoms with van der Waals surface area (Å²) >= 11 is 0. The highest BCUT2D eigenvalue weighted by molar-refractivity contribution is 5.93. The van der Waals surface area contributed by atoms with Gasteiger partial charge in [-0.1, -0.05) is 12.1 Å². The number of likely N-dealkylation sites (tertiary alicyclic amines) is 3. The SMILES string of the molecule is CC(=O)N1C[C@H]2CN(C(=O)Nc3cc(C)ccc3C)C[C@@]2(C(=O)N2CCCC2)C1. The van der Waals surface area contributed by atoms with Crippen LogP contribution in [0.5, 0.6) is 0 Å². The monoisotopic (exact) mass is 398 g/mol. The summed E-state index contributed by atoms with van der Waals surface area (Å²) in [5.74, 6) is 0.106. The number of hydrogen-bond acceptors (Lipinski definition) is 3. The van der Waals surface area contributed by atoms with Crippen molar-refractivity contribution in [2.24, 2.45) is 11.3 Å². The fourth-order valence-electron chi connectivity index (χ4n) is 5.06. The Labute approximate surface area is 172 Å².